The molecule has 5 nitrogen and oxygen atoms in total. The van der Waals surface area contributed by atoms with Crippen molar-refractivity contribution >= 4 is 23.3 Å². The van der Waals surface area contributed by atoms with Crippen molar-refractivity contribution in [2.45, 2.75) is 13.8 Å². The van der Waals surface area contributed by atoms with Gasteiger partial charge in [-0.3, -0.25) is 14.4 Å². The molecule has 1 aliphatic heterocycles. The number of methoxy groups -OCH3 is 1. The van der Waals surface area contributed by atoms with Gasteiger partial charge in [0.05, 0.1) is 23.8 Å². The van der Waals surface area contributed by atoms with Crippen molar-refractivity contribution in [2.75, 3.05) is 18.6 Å². The Balaban J connectivity index is 2.47. The summed E-state index contributed by atoms with van der Waals surface area (Å²) in [5.41, 5.74) is -1.77. The summed E-state index contributed by atoms with van der Waals surface area (Å²) in [7, 11) is 1.19. The van der Waals surface area contributed by atoms with Gasteiger partial charge in [-0.15, -0.1) is 0 Å². The van der Waals surface area contributed by atoms with E-state index in [0.717, 1.165) is 11.0 Å². The second kappa shape index (κ2) is 4.91. The minimum absolute atomic E-state index is 0.167. The molecule has 1 aromatic rings. The first-order chi connectivity index (χ1) is 9.69. The molecule has 0 fully saturated rings. The Morgan fingerprint density at radius 2 is 1.90 bits per heavy atom. The van der Waals surface area contributed by atoms with E-state index in [2.05, 4.69) is 4.74 Å². The average molecular weight is 297 g/mol. The maximum Gasteiger partial charge on any atom is 0.313 e. The number of anilines is 1. The lowest BCUT2D eigenvalue weighted by Crippen LogP contribution is -2.42. The highest BCUT2D eigenvalue weighted by molar-refractivity contribution is 6.52. The topological polar surface area (TPSA) is 63.7 Å². The van der Waals surface area contributed by atoms with Crippen LogP contribution in [0, 0.1) is 17.0 Å². The zero-order valence-corrected chi connectivity index (χ0v) is 11.7. The molecule has 0 N–H and O–H groups in total. The molecule has 0 aliphatic carbocycles. The Morgan fingerprint density at radius 3 is 2.48 bits per heavy atom. The molecule has 0 unspecified atom stereocenters. The predicted molar refractivity (Wildman–Crippen MR) is 68.8 cm³/mol. The number of ether oxygens (including phenoxy) is 1. The summed E-state index contributed by atoms with van der Waals surface area (Å²) in [6.07, 6.45) is 0. The first-order valence-corrected chi connectivity index (χ1v) is 6.12. The number of ketones is 1. The van der Waals surface area contributed by atoms with Gasteiger partial charge in [0, 0.05) is 12.6 Å². The molecule has 0 aromatic heterocycles. The first-order valence-electron chi connectivity index (χ1n) is 6.12. The largest absolute Gasteiger partial charge is 0.469 e. The van der Waals surface area contributed by atoms with Crippen LogP contribution in [-0.2, 0) is 14.3 Å². The van der Waals surface area contributed by atoms with Crippen molar-refractivity contribution in [3.05, 3.63) is 29.3 Å². The number of carbonyl (C=O) groups excluding carboxylic acids is 3. The fourth-order valence-corrected chi connectivity index (χ4v) is 2.23. The first kappa shape index (κ1) is 15.1. The maximum absolute atomic E-state index is 13.7. The Morgan fingerprint density at radius 1 is 1.29 bits per heavy atom. The minimum Gasteiger partial charge on any atom is -0.469 e. The van der Waals surface area contributed by atoms with Crippen LogP contribution in [0.1, 0.15) is 24.2 Å². The molecule has 0 radical (unpaired) electrons. The Hall–Kier alpha value is -2.31. The van der Waals surface area contributed by atoms with Crippen LogP contribution in [0.3, 0.4) is 0 Å². The van der Waals surface area contributed by atoms with E-state index in [-0.39, 0.29) is 12.2 Å². The van der Waals surface area contributed by atoms with Crippen LogP contribution in [-0.4, -0.2) is 31.3 Å². The van der Waals surface area contributed by atoms with Gasteiger partial charge in [-0.1, -0.05) is 0 Å². The van der Waals surface area contributed by atoms with E-state index in [4.69, 9.17) is 0 Å². The van der Waals surface area contributed by atoms with E-state index in [9.17, 15) is 23.2 Å². The van der Waals surface area contributed by atoms with Gasteiger partial charge in [-0.2, -0.15) is 0 Å². The van der Waals surface area contributed by atoms with Crippen molar-refractivity contribution in [1.29, 1.82) is 0 Å². The molecule has 1 amide bonds. The number of esters is 1. The summed E-state index contributed by atoms with van der Waals surface area (Å²) in [5, 5.41) is 0. The lowest BCUT2D eigenvalue weighted by molar-refractivity contribution is -0.150. The second-order valence-electron chi connectivity index (χ2n) is 5.38. The third kappa shape index (κ3) is 2.39. The number of benzene rings is 1. The van der Waals surface area contributed by atoms with Gasteiger partial charge in [0.25, 0.3) is 11.7 Å². The van der Waals surface area contributed by atoms with Crippen molar-refractivity contribution in [2.24, 2.45) is 5.41 Å². The summed E-state index contributed by atoms with van der Waals surface area (Å²) in [6, 6.07) is 1.44. The van der Waals surface area contributed by atoms with Gasteiger partial charge in [0.1, 0.15) is 11.6 Å². The normalized spacial score (nSPS) is 14.4. The zero-order chi connectivity index (χ0) is 15.9. The van der Waals surface area contributed by atoms with Crippen LogP contribution >= 0.6 is 0 Å². The summed E-state index contributed by atoms with van der Waals surface area (Å²) in [6.45, 7) is 2.79. The Bertz CT molecular complexity index is 655. The van der Waals surface area contributed by atoms with Gasteiger partial charge in [-0.05, 0) is 19.9 Å². The number of hydrogen-bond acceptors (Lipinski definition) is 4. The van der Waals surface area contributed by atoms with Crippen LogP contribution in [0.2, 0.25) is 0 Å². The minimum atomic E-state index is -1.13. The van der Waals surface area contributed by atoms with E-state index in [1.54, 1.807) is 0 Å². The van der Waals surface area contributed by atoms with Crippen molar-refractivity contribution < 1.29 is 27.9 Å². The number of Topliss-reactive ketones (excluding diaryl/α,β-unsaturated/α-hetero) is 1. The highest BCUT2D eigenvalue weighted by Crippen LogP contribution is 2.34. The molecule has 2 rings (SSSR count). The number of fused-ring (bicyclic) bond motifs is 1. The number of carbonyl (C=O) groups is 3. The number of hydrogen-bond donors (Lipinski definition) is 0. The maximum atomic E-state index is 13.7. The van der Waals surface area contributed by atoms with Crippen LogP contribution in [0.5, 0.6) is 0 Å². The fourth-order valence-electron chi connectivity index (χ4n) is 2.23. The molecule has 21 heavy (non-hydrogen) atoms. The van der Waals surface area contributed by atoms with Crippen LogP contribution in [0.4, 0.5) is 14.5 Å². The average Bonchev–Trinajstić information content (AvgIpc) is 2.62. The van der Waals surface area contributed by atoms with Crippen LogP contribution in [0.25, 0.3) is 0 Å². The Kier molecular flexibility index (Phi) is 3.52. The van der Waals surface area contributed by atoms with Gasteiger partial charge in [0.15, 0.2) is 0 Å². The summed E-state index contributed by atoms with van der Waals surface area (Å²) in [5.74, 6) is -4.65. The summed E-state index contributed by atoms with van der Waals surface area (Å²) in [4.78, 5) is 36.3. The quantitative estimate of drug-likeness (QED) is 0.629. The van der Waals surface area contributed by atoms with Crippen molar-refractivity contribution in [3.63, 3.8) is 0 Å². The molecule has 1 heterocycles. The van der Waals surface area contributed by atoms with Gasteiger partial charge in [0.2, 0.25) is 0 Å². The predicted octanol–water partition coefficient (Wildman–Crippen LogP) is 1.69. The van der Waals surface area contributed by atoms with Crippen molar-refractivity contribution in [3.8, 4) is 0 Å². The molecule has 112 valence electrons. The summed E-state index contributed by atoms with van der Waals surface area (Å²) >= 11 is 0. The third-order valence-corrected chi connectivity index (χ3v) is 3.28. The molecule has 0 saturated carbocycles. The van der Waals surface area contributed by atoms with E-state index in [1.165, 1.54) is 21.0 Å². The molecule has 0 spiro atoms. The second-order valence-corrected chi connectivity index (χ2v) is 5.38. The fraction of sp³-hybridized carbons (Fsp3) is 0.357. The molecule has 0 saturated heterocycles. The number of rotatable bonds is 3. The molecule has 1 aliphatic rings. The lowest BCUT2D eigenvalue weighted by atomic mass is 9.93. The third-order valence-electron chi connectivity index (χ3n) is 3.28. The highest BCUT2D eigenvalue weighted by Gasteiger charge is 2.43. The number of halogens is 2. The van der Waals surface area contributed by atoms with Crippen LogP contribution in [0.15, 0.2) is 12.1 Å². The molecule has 0 bridgehead atoms. The lowest BCUT2D eigenvalue weighted by Gasteiger charge is -2.27. The number of amides is 1. The standard InChI is InChI=1S/C14H13F2NO4/c1-14(2,13(20)21-3)6-17-9-5-7(15)4-8(16)10(9)11(18)12(17)19/h4-5H,6H2,1-3H3. The van der Waals surface area contributed by atoms with Gasteiger partial charge in [-0.25, -0.2) is 8.78 Å². The van der Waals surface area contributed by atoms with E-state index in [0.29, 0.717) is 6.07 Å². The van der Waals surface area contributed by atoms with E-state index >= 15 is 0 Å². The van der Waals surface area contributed by atoms with Crippen molar-refractivity contribution in [1.82, 2.24) is 0 Å². The van der Waals surface area contributed by atoms with Gasteiger partial charge < -0.3 is 9.64 Å². The highest BCUT2D eigenvalue weighted by atomic mass is 19.1. The van der Waals surface area contributed by atoms with E-state index in [1.807, 2.05) is 0 Å². The monoisotopic (exact) mass is 297 g/mol. The molecular formula is C14H13F2NO4. The Labute approximate surface area is 119 Å². The van der Waals surface area contributed by atoms with E-state index < -0.39 is 40.3 Å². The molecular weight excluding hydrogens is 284 g/mol. The smallest absolute Gasteiger partial charge is 0.313 e. The molecule has 0 atom stereocenters. The molecule has 1 aromatic carbocycles. The molecule has 7 heteroatoms. The van der Waals surface area contributed by atoms with Crippen LogP contribution < -0.4 is 4.90 Å². The number of nitrogens with zero attached hydrogens (tertiary/aromatic N) is 1. The van der Waals surface area contributed by atoms with Gasteiger partial charge >= 0.3 is 5.97 Å². The zero-order valence-electron chi connectivity index (χ0n) is 11.7. The SMILES string of the molecule is COC(=O)C(C)(C)CN1C(=O)C(=O)c2c(F)cc(F)cc21. The summed E-state index contributed by atoms with van der Waals surface area (Å²) < 4.78 is 31.6.